The zero-order valence-electron chi connectivity index (χ0n) is 51.0. The van der Waals surface area contributed by atoms with Crippen molar-refractivity contribution in [3.8, 4) is 0 Å². The van der Waals surface area contributed by atoms with Gasteiger partial charge in [-0.25, -0.2) is 0 Å². The van der Waals surface area contributed by atoms with Crippen LogP contribution in [-0.4, -0.2) is 19.9 Å². The molecule has 4 aromatic heterocycles. The van der Waals surface area contributed by atoms with E-state index < -0.39 is 0 Å². The van der Waals surface area contributed by atoms with Crippen LogP contribution in [0.3, 0.4) is 0 Å². The van der Waals surface area contributed by atoms with E-state index in [2.05, 4.69) is 180 Å². The third-order valence-corrected chi connectivity index (χ3v) is 17.1. The van der Waals surface area contributed by atoms with Gasteiger partial charge in [0.25, 0.3) is 0 Å². The molecule has 0 saturated heterocycles. The highest BCUT2D eigenvalue weighted by molar-refractivity contribution is 5.49. The fraction of sp³-hybridized carbons (Fsp3) is 0.421. The second kappa shape index (κ2) is 25.1. The van der Waals surface area contributed by atoms with Crippen LogP contribution < -0.4 is 0 Å². The number of rotatable bonds is 8. The molecule has 4 nitrogen and oxygen atoms in total. The largest absolute Gasteiger partial charge is 0.261 e. The maximum atomic E-state index is 4.96. The van der Waals surface area contributed by atoms with E-state index in [1.807, 2.05) is 49.1 Å². The molecule has 1 aliphatic carbocycles. The molecular formula is C76H92N4. The summed E-state index contributed by atoms with van der Waals surface area (Å²) in [5.41, 5.74) is 28.0. The van der Waals surface area contributed by atoms with Crippen molar-refractivity contribution < 1.29 is 0 Å². The van der Waals surface area contributed by atoms with Gasteiger partial charge in [0.1, 0.15) is 0 Å². The lowest BCUT2D eigenvalue weighted by Gasteiger charge is -2.27. The molecule has 9 rings (SSSR count). The topological polar surface area (TPSA) is 51.6 Å². The zero-order valence-corrected chi connectivity index (χ0v) is 51.0. The number of aryl methyl sites for hydroxylation is 8. The van der Waals surface area contributed by atoms with Crippen molar-refractivity contribution in [2.45, 2.75) is 207 Å². The second-order valence-corrected chi connectivity index (χ2v) is 27.5. The summed E-state index contributed by atoms with van der Waals surface area (Å²) in [5, 5.41) is 0. The van der Waals surface area contributed by atoms with Crippen LogP contribution >= 0.6 is 0 Å². The molecule has 0 amide bonds. The third-order valence-electron chi connectivity index (χ3n) is 17.1. The molecule has 80 heavy (non-hydrogen) atoms. The number of hydrogen-bond acceptors (Lipinski definition) is 4. The van der Waals surface area contributed by atoms with Crippen LogP contribution in [0.1, 0.15) is 221 Å². The molecule has 8 aromatic rings. The first-order chi connectivity index (χ1) is 38.2. The van der Waals surface area contributed by atoms with Crippen LogP contribution in [-0.2, 0) is 98.7 Å². The van der Waals surface area contributed by atoms with Crippen LogP contribution in [0.4, 0.5) is 0 Å². The summed E-state index contributed by atoms with van der Waals surface area (Å²) in [6.07, 6.45) is 23.5. The molecule has 8 bridgehead atoms. The zero-order chi connectivity index (χ0) is 56.7. The van der Waals surface area contributed by atoms with Crippen LogP contribution in [0.15, 0.2) is 146 Å². The Labute approximate surface area is 482 Å². The van der Waals surface area contributed by atoms with E-state index in [4.69, 9.17) is 19.9 Å². The van der Waals surface area contributed by atoms with Crippen molar-refractivity contribution in [2.24, 2.45) is 0 Å². The van der Waals surface area contributed by atoms with Gasteiger partial charge in [-0.15, -0.1) is 0 Å². The normalized spacial score (nSPS) is 14.3. The fourth-order valence-corrected chi connectivity index (χ4v) is 12.2. The first-order valence-electron chi connectivity index (χ1n) is 30.4. The minimum atomic E-state index is 0.00107. The average molecular weight is 1060 g/mol. The molecule has 4 aromatic carbocycles. The van der Waals surface area contributed by atoms with E-state index in [9.17, 15) is 0 Å². The third kappa shape index (κ3) is 15.1. The Bertz CT molecular complexity index is 2770. The van der Waals surface area contributed by atoms with Gasteiger partial charge in [0.2, 0.25) is 0 Å². The number of hydrogen-bond donors (Lipinski definition) is 0. The van der Waals surface area contributed by atoms with Gasteiger partial charge in [0.15, 0.2) is 0 Å². The highest BCUT2D eigenvalue weighted by Crippen LogP contribution is 2.37. The summed E-state index contributed by atoms with van der Waals surface area (Å²) in [7, 11) is 0. The minimum Gasteiger partial charge on any atom is -0.261 e. The highest BCUT2D eigenvalue weighted by atomic mass is 14.7. The Balaban J connectivity index is 1.22. The smallest absolute Gasteiger partial charge is 0.0447 e. The molecular weight excluding hydrogens is 969 g/mol. The van der Waals surface area contributed by atoms with E-state index in [0.717, 1.165) is 126 Å². The van der Waals surface area contributed by atoms with E-state index >= 15 is 0 Å². The molecule has 0 spiro atoms. The van der Waals surface area contributed by atoms with Crippen LogP contribution in [0, 0.1) is 0 Å². The lowest BCUT2D eigenvalue weighted by atomic mass is 9.78. The van der Waals surface area contributed by atoms with Gasteiger partial charge in [-0.2, -0.15) is 0 Å². The van der Waals surface area contributed by atoms with Crippen molar-refractivity contribution in [3.63, 3.8) is 0 Å². The van der Waals surface area contributed by atoms with Gasteiger partial charge in [0.05, 0.1) is 0 Å². The average Bonchev–Trinajstić information content (AvgIpc) is 3.41. The first kappa shape index (κ1) is 58.1. The Morgan fingerprint density at radius 1 is 0.263 bits per heavy atom. The van der Waals surface area contributed by atoms with Gasteiger partial charge in [-0.3, -0.25) is 19.9 Å². The van der Waals surface area contributed by atoms with Crippen molar-refractivity contribution >= 4 is 0 Å². The predicted octanol–water partition coefficient (Wildman–Crippen LogP) is 17.8. The quantitative estimate of drug-likeness (QED) is 0.152. The summed E-state index contributed by atoms with van der Waals surface area (Å²) in [6, 6.07) is 46.3. The van der Waals surface area contributed by atoms with Crippen molar-refractivity contribution in [2.75, 3.05) is 0 Å². The Morgan fingerprint density at radius 3 is 0.575 bits per heavy atom. The molecule has 4 heterocycles. The summed E-state index contributed by atoms with van der Waals surface area (Å²) in [4.78, 5) is 19.8. The molecule has 4 heteroatoms. The van der Waals surface area contributed by atoms with Gasteiger partial charge >= 0.3 is 0 Å². The Hall–Kier alpha value is -6.52. The van der Waals surface area contributed by atoms with Gasteiger partial charge in [-0.05, 0) is 236 Å². The molecule has 0 N–H and O–H groups in total. The molecule has 0 fully saturated rings. The molecule has 0 atom stereocenters. The molecule has 0 radical (unpaired) electrons. The Kier molecular flexibility index (Phi) is 18.2. The SMILES string of the molecule is CC(C)(C)c1cc2c(Cc3ccccn3)c(c1)CCCc1cc(C(C)(C)C)cc(c1Cc1ccccn1)CCCc1cc(C(C)(C)C)cc(c1Cc1ccccn1)CCCc1cc(C(C)(C)C)cc(c1Cc1ccccn1)CCC2. The monoisotopic (exact) mass is 1060 g/mol. The van der Waals surface area contributed by atoms with E-state index in [-0.39, 0.29) is 21.7 Å². The first-order valence-corrected chi connectivity index (χ1v) is 30.4. The van der Waals surface area contributed by atoms with Crippen LogP contribution in [0.2, 0.25) is 0 Å². The predicted molar refractivity (Wildman–Crippen MR) is 337 cm³/mol. The fourth-order valence-electron chi connectivity index (χ4n) is 12.2. The standard InChI is InChI=1S/C76H92N4/c1-73(2,3)61-41-53-25-21-27-55-43-62(74(4,5)6)45-57(70(55)50-66-34-14-18-38-78-66)29-23-31-59-47-64(76(10,11)12)48-60(72(59)52-68-36-16-20-40-80-68)32-24-30-58-46-63(75(7,8)9)44-56(71(58)51-67-35-15-19-39-79-67)28-22-26-54(42-61)69(53)49-65-33-13-17-37-77-65/h13-20,33-48H,21-32,49-52H2,1-12H3. The molecule has 416 valence electrons. The molecule has 0 saturated carbocycles. The van der Waals surface area contributed by atoms with Crippen molar-refractivity contribution in [1.82, 2.24) is 19.9 Å². The van der Waals surface area contributed by atoms with Gasteiger partial charge in [0, 0.05) is 73.2 Å². The molecule has 0 unspecified atom stereocenters. The van der Waals surface area contributed by atoms with Crippen LogP contribution in [0.25, 0.3) is 0 Å². The van der Waals surface area contributed by atoms with E-state index in [1.165, 1.54) is 89.0 Å². The highest BCUT2D eigenvalue weighted by Gasteiger charge is 2.26. The van der Waals surface area contributed by atoms with Crippen LogP contribution in [0.5, 0.6) is 0 Å². The molecule has 0 aliphatic heterocycles. The lowest BCUT2D eigenvalue weighted by Crippen LogP contribution is -2.16. The summed E-state index contributed by atoms with van der Waals surface area (Å²) in [6.45, 7) is 28.7. The maximum Gasteiger partial charge on any atom is 0.0447 e. The Morgan fingerprint density at radius 2 is 0.438 bits per heavy atom. The van der Waals surface area contributed by atoms with E-state index in [0.29, 0.717) is 0 Å². The second-order valence-electron chi connectivity index (χ2n) is 27.5. The summed E-state index contributed by atoms with van der Waals surface area (Å²) in [5.74, 6) is 0. The van der Waals surface area contributed by atoms with Gasteiger partial charge < -0.3 is 0 Å². The van der Waals surface area contributed by atoms with E-state index in [1.54, 1.807) is 0 Å². The number of fused-ring (bicyclic) bond motifs is 8. The maximum absolute atomic E-state index is 4.96. The minimum absolute atomic E-state index is 0.00107. The number of nitrogens with zero attached hydrogens (tertiary/aromatic N) is 4. The summed E-state index contributed by atoms with van der Waals surface area (Å²) >= 11 is 0. The lowest BCUT2D eigenvalue weighted by molar-refractivity contribution is 0.585. The number of aromatic nitrogens is 4. The van der Waals surface area contributed by atoms with Crippen molar-refractivity contribution in [1.29, 1.82) is 0 Å². The number of benzene rings is 4. The van der Waals surface area contributed by atoms with Gasteiger partial charge in [-0.1, -0.05) is 156 Å². The van der Waals surface area contributed by atoms with Crippen molar-refractivity contribution in [3.05, 3.63) is 258 Å². The summed E-state index contributed by atoms with van der Waals surface area (Å²) < 4.78 is 0. The number of pyridine rings is 4. The molecule has 1 aliphatic rings.